The Labute approximate surface area is 253 Å². The molecule has 11 heteroatoms. The molecule has 1 aliphatic heterocycles. The zero-order valence-corrected chi connectivity index (χ0v) is 24.9. The van der Waals surface area contributed by atoms with Crippen LogP contribution in [0.1, 0.15) is 56.1 Å². The summed E-state index contributed by atoms with van der Waals surface area (Å²) in [6, 6.07) is 13.1. The number of allylic oxidation sites excluding steroid dienone is 1. The Balaban J connectivity index is 1.48. The minimum atomic E-state index is -0.894. The number of carboxylic acid groups (broad SMARTS) is 1. The van der Waals surface area contributed by atoms with Gasteiger partial charge in [0.2, 0.25) is 0 Å². The van der Waals surface area contributed by atoms with Gasteiger partial charge in [0.15, 0.2) is 0 Å². The average molecular weight is 606 g/mol. The highest BCUT2D eigenvalue weighted by Gasteiger charge is 2.30. The van der Waals surface area contributed by atoms with Gasteiger partial charge in [-0.15, -0.1) is 5.10 Å². The molecule has 1 aromatic heterocycles. The number of aliphatic imine (C=N–C) groups is 1. The van der Waals surface area contributed by atoms with Crippen molar-refractivity contribution < 1.29 is 14.7 Å². The van der Waals surface area contributed by atoms with Gasteiger partial charge in [-0.05, 0) is 64.9 Å². The Bertz CT molecular complexity index is 1760. The minimum absolute atomic E-state index is 0.0781. The lowest BCUT2D eigenvalue weighted by atomic mass is 9.80. The van der Waals surface area contributed by atoms with Crippen LogP contribution < -0.4 is 5.73 Å². The van der Waals surface area contributed by atoms with Gasteiger partial charge in [0, 0.05) is 51.1 Å². The normalized spacial score (nSPS) is 14.4. The van der Waals surface area contributed by atoms with E-state index in [1.54, 1.807) is 35.0 Å². The van der Waals surface area contributed by atoms with Gasteiger partial charge in [-0.1, -0.05) is 52.7 Å². The molecule has 5 rings (SSSR count). The van der Waals surface area contributed by atoms with Crippen molar-refractivity contribution in [2.24, 2.45) is 17.8 Å². The molecule has 1 aliphatic rings. The van der Waals surface area contributed by atoms with Crippen molar-refractivity contribution in [3.63, 3.8) is 0 Å². The number of rotatable bonds is 7. The second-order valence-corrected chi connectivity index (χ2v) is 11.1. The predicted molar refractivity (Wildman–Crippen MR) is 165 cm³/mol. The van der Waals surface area contributed by atoms with Crippen LogP contribution in [0.2, 0.25) is 10.0 Å². The topological polar surface area (TPSA) is 127 Å². The van der Waals surface area contributed by atoms with Crippen LogP contribution in [-0.4, -0.2) is 56.7 Å². The first kappa shape index (κ1) is 29.3. The molecule has 0 saturated heterocycles. The molecule has 0 radical (unpaired) electrons. The number of hydrogen-bond acceptors (Lipinski definition) is 6. The van der Waals surface area contributed by atoms with E-state index in [4.69, 9.17) is 28.9 Å². The van der Waals surface area contributed by atoms with Crippen molar-refractivity contribution >= 4 is 57.9 Å². The van der Waals surface area contributed by atoms with Gasteiger partial charge in [0.25, 0.3) is 5.91 Å². The molecule has 1 atom stereocenters. The highest BCUT2D eigenvalue weighted by molar-refractivity contribution is 6.40. The van der Waals surface area contributed by atoms with E-state index in [0.717, 1.165) is 38.9 Å². The first-order valence-corrected chi connectivity index (χ1v) is 14.1. The van der Waals surface area contributed by atoms with Gasteiger partial charge < -0.3 is 15.7 Å². The molecule has 1 unspecified atom stereocenters. The largest absolute Gasteiger partial charge is 0.481 e. The van der Waals surface area contributed by atoms with Crippen LogP contribution in [0.4, 0.5) is 0 Å². The number of aliphatic carboxylic acids is 1. The van der Waals surface area contributed by atoms with Crippen molar-refractivity contribution in [2.75, 3.05) is 13.6 Å². The number of halogens is 2. The van der Waals surface area contributed by atoms with Crippen LogP contribution in [0.25, 0.3) is 16.6 Å². The fraction of sp³-hybridized carbons (Fsp3) is 0.258. The van der Waals surface area contributed by atoms with Crippen molar-refractivity contribution in [3.8, 4) is 0 Å². The van der Waals surface area contributed by atoms with Crippen LogP contribution in [0.3, 0.4) is 0 Å². The second-order valence-electron chi connectivity index (χ2n) is 10.3. The maximum absolute atomic E-state index is 13.7. The van der Waals surface area contributed by atoms with Gasteiger partial charge >= 0.3 is 5.97 Å². The van der Waals surface area contributed by atoms with Crippen molar-refractivity contribution in [2.45, 2.75) is 32.2 Å². The quantitative estimate of drug-likeness (QED) is 0.272. The Morgan fingerprint density at radius 3 is 2.57 bits per heavy atom. The molecule has 0 aliphatic carbocycles. The van der Waals surface area contributed by atoms with E-state index in [1.807, 2.05) is 44.3 Å². The number of aromatic nitrogens is 3. The maximum atomic E-state index is 13.7. The third kappa shape index (κ3) is 5.37. The molecular weight excluding hydrogens is 575 g/mol. The standard InChI is InChI=1S/C31H30Cl2N6O3/c1-17-21(7-8-27-30(17)36-37-38(27)3)24(13-28(40)41)23-6-4-5-18-16-39(10-9-22(18)23)31(42)29-25(32)11-19(12-26(29)33)20(14-34)15-35-2/h4-8,11-12,14-15,24H,9-10,13,16,34H2,1-3H3,(H,40,41). The van der Waals surface area contributed by atoms with Gasteiger partial charge in [-0.2, -0.15) is 0 Å². The number of amides is 1. The molecule has 1 amide bonds. The summed E-state index contributed by atoms with van der Waals surface area (Å²) >= 11 is 13.2. The number of nitrogens with two attached hydrogens (primary N) is 1. The molecule has 0 bridgehead atoms. The molecule has 9 nitrogen and oxygen atoms in total. The summed E-state index contributed by atoms with van der Waals surface area (Å²) in [5.41, 5.74) is 13.6. The zero-order chi connectivity index (χ0) is 30.1. The van der Waals surface area contributed by atoms with Crippen molar-refractivity contribution in [3.05, 3.63) is 97.7 Å². The van der Waals surface area contributed by atoms with Crippen LogP contribution in [0.5, 0.6) is 0 Å². The Morgan fingerprint density at radius 2 is 1.90 bits per heavy atom. The van der Waals surface area contributed by atoms with Gasteiger partial charge in [-0.25, -0.2) is 4.68 Å². The van der Waals surface area contributed by atoms with Crippen LogP contribution in [0.15, 0.2) is 53.7 Å². The van der Waals surface area contributed by atoms with Crippen molar-refractivity contribution in [1.82, 2.24) is 19.9 Å². The lowest BCUT2D eigenvalue weighted by Gasteiger charge is -2.32. The molecule has 0 saturated carbocycles. The first-order valence-electron chi connectivity index (χ1n) is 13.4. The second kappa shape index (κ2) is 12.0. The Kier molecular flexibility index (Phi) is 8.34. The molecule has 42 heavy (non-hydrogen) atoms. The highest BCUT2D eigenvalue weighted by Crippen LogP contribution is 2.38. The summed E-state index contributed by atoms with van der Waals surface area (Å²) < 4.78 is 1.70. The zero-order valence-electron chi connectivity index (χ0n) is 23.4. The van der Waals surface area contributed by atoms with E-state index in [9.17, 15) is 14.7 Å². The molecule has 2 heterocycles. The van der Waals surface area contributed by atoms with Crippen LogP contribution >= 0.6 is 23.2 Å². The highest BCUT2D eigenvalue weighted by atomic mass is 35.5. The lowest BCUT2D eigenvalue weighted by Crippen LogP contribution is -2.37. The monoisotopic (exact) mass is 604 g/mol. The molecule has 3 aromatic carbocycles. The van der Waals surface area contributed by atoms with Gasteiger partial charge in [0.05, 0.1) is 27.5 Å². The van der Waals surface area contributed by atoms with Crippen LogP contribution in [-0.2, 0) is 24.8 Å². The third-order valence-electron chi connectivity index (χ3n) is 7.84. The average Bonchev–Trinajstić information content (AvgIpc) is 3.35. The number of carbonyl (C=O) groups excluding carboxylic acids is 1. The first-order chi connectivity index (χ1) is 20.1. The number of carboxylic acids is 1. The van der Waals surface area contributed by atoms with Gasteiger partial charge in [0.1, 0.15) is 5.52 Å². The SMILES string of the molecule is CN=CC(=CN)c1cc(Cl)c(C(=O)N2CCc3c(cccc3C(CC(=O)O)c3ccc4c(nnn4C)c3C)C2)c(Cl)c1. The molecule has 3 N–H and O–H groups in total. The molecule has 0 spiro atoms. The van der Waals surface area contributed by atoms with E-state index >= 15 is 0 Å². The molecule has 0 fully saturated rings. The number of fused-ring (bicyclic) bond motifs is 2. The fourth-order valence-electron chi connectivity index (χ4n) is 5.78. The van der Waals surface area contributed by atoms with E-state index < -0.39 is 5.97 Å². The summed E-state index contributed by atoms with van der Waals surface area (Å²) in [5, 5.41) is 18.8. The smallest absolute Gasteiger partial charge is 0.304 e. The van der Waals surface area contributed by atoms with E-state index in [2.05, 4.69) is 15.3 Å². The molecular formula is C31H30Cl2N6O3. The summed E-state index contributed by atoms with van der Waals surface area (Å²) in [6.07, 6.45) is 3.47. The lowest BCUT2D eigenvalue weighted by molar-refractivity contribution is -0.137. The maximum Gasteiger partial charge on any atom is 0.304 e. The summed E-state index contributed by atoms with van der Waals surface area (Å²) in [5.74, 6) is -1.56. The fourth-order valence-corrected chi connectivity index (χ4v) is 6.43. The van der Waals surface area contributed by atoms with Crippen molar-refractivity contribution in [1.29, 1.82) is 0 Å². The number of nitrogens with zero attached hydrogens (tertiary/aromatic N) is 5. The number of hydrogen-bond donors (Lipinski definition) is 2. The predicted octanol–water partition coefficient (Wildman–Crippen LogP) is 5.39. The van der Waals surface area contributed by atoms with Crippen LogP contribution in [0, 0.1) is 6.92 Å². The molecule has 216 valence electrons. The number of aryl methyl sites for hydroxylation is 2. The summed E-state index contributed by atoms with van der Waals surface area (Å²) in [6.45, 7) is 2.72. The molecule has 4 aromatic rings. The Morgan fingerprint density at radius 1 is 1.17 bits per heavy atom. The summed E-state index contributed by atoms with van der Waals surface area (Å²) in [4.78, 5) is 31.5. The van der Waals surface area contributed by atoms with E-state index in [0.29, 0.717) is 30.6 Å². The third-order valence-corrected chi connectivity index (χ3v) is 8.43. The summed E-state index contributed by atoms with van der Waals surface area (Å²) in [7, 11) is 3.46. The van der Waals surface area contributed by atoms with Gasteiger partial charge in [-0.3, -0.25) is 14.6 Å². The minimum Gasteiger partial charge on any atom is -0.481 e. The van der Waals surface area contributed by atoms with E-state index in [1.165, 1.54) is 6.20 Å². The van der Waals surface area contributed by atoms with E-state index in [-0.39, 0.29) is 33.9 Å². The Hall–Kier alpha value is -4.21. The number of benzene rings is 3. The number of carbonyl (C=O) groups is 2.